The molecule has 0 unspecified atom stereocenters. The van der Waals surface area contributed by atoms with Crippen LogP contribution in [0.5, 0.6) is 0 Å². The van der Waals surface area contributed by atoms with Crippen LogP contribution in [0.25, 0.3) is 0 Å². The second-order valence-electron chi connectivity index (χ2n) is 6.32. The van der Waals surface area contributed by atoms with Crippen molar-refractivity contribution in [2.75, 3.05) is 6.61 Å². The molecule has 3 rings (SSSR count). The van der Waals surface area contributed by atoms with E-state index in [1.807, 2.05) is 13.8 Å². The van der Waals surface area contributed by atoms with E-state index in [1.54, 1.807) is 13.8 Å². The second kappa shape index (κ2) is 4.29. The molecule has 1 aliphatic heterocycles. The Balaban J connectivity index is 1.88. The number of ether oxygens (including phenoxy) is 1. The zero-order valence-corrected chi connectivity index (χ0v) is 13.0. The first-order chi connectivity index (χ1) is 9.25. The highest BCUT2D eigenvalue weighted by Crippen LogP contribution is 2.52. The summed E-state index contributed by atoms with van der Waals surface area (Å²) in [5.74, 6) is 0.589. The average molecular weight is 300 g/mol. The highest BCUT2D eigenvalue weighted by molar-refractivity contribution is 7.89. The van der Waals surface area contributed by atoms with Crippen molar-refractivity contribution in [2.24, 2.45) is 11.3 Å². The third kappa shape index (κ3) is 1.83. The minimum absolute atomic E-state index is 0.103. The topological polar surface area (TPSA) is 81.4 Å². The number of fused-ring (bicyclic) bond motifs is 1. The number of aromatic nitrogens is 1. The van der Waals surface area contributed by atoms with Crippen molar-refractivity contribution in [3.63, 3.8) is 0 Å². The van der Waals surface area contributed by atoms with Gasteiger partial charge in [-0.1, -0.05) is 19.0 Å². The van der Waals surface area contributed by atoms with E-state index in [0.29, 0.717) is 18.1 Å². The summed E-state index contributed by atoms with van der Waals surface area (Å²) in [5.41, 5.74) is 0.207. The van der Waals surface area contributed by atoms with Gasteiger partial charge in [0.15, 0.2) is 5.76 Å². The van der Waals surface area contributed by atoms with Crippen LogP contribution in [0.4, 0.5) is 0 Å². The second-order valence-corrected chi connectivity index (χ2v) is 7.97. The van der Waals surface area contributed by atoms with Crippen LogP contribution in [0, 0.1) is 25.2 Å². The van der Waals surface area contributed by atoms with E-state index in [2.05, 4.69) is 9.88 Å². The molecule has 1 saturated heterocycles. The van der Waals surface area contributed by atoms with E-state index >= 15 is 0 Å². The fourth-order valence-electron chi connectivity index (χ4n) is 3.65. The van der Waals surface area contributed by atoms with Gasteiger partial charge < -0.3 is 9.26 Å². The van der Waals surface area contributed by atoms with Gasteiger partial charge in [0.05, 0.1) is 6.10 Å². The van der Waals surface area contributed by atoms with Gasteiger partial charge in [-0.15, -0.1) is 0 Å². The Morgan fingerprint density at radius 2 is 2.05 bits per heavy atom. The molecule has 0 spiro atoms. The Bertz CT molecular complexity index is 615. The van der Waals surface area contributed by atoms with Crippen LogP contribution in [0.15, 0.2) is 9.42 Å². The maximum atomic E-state index is 12.6. The van der Waals surface area contributed by atoms with Gasteiger partial charge in [-0.3, -0.25) is 0 Å². The molecule has 7 heteroatoms. The minimum Gasteiger partial charge on any atom is -0.377 e. The number of rotatable bonds is 3. The highest BCUT2D eigenvalue weighted by atomic mass is 32.2. The number of nitrogens with one attached hydrogen (secondary N) is 1. The third-order valence-electron chi connectivity index (χ3n) is 4.62. The fraction of sp³-hybridized carbons (Fsp3) is 0.769. The molecule has 2 heterocycles. The van der Waals surface area contributed by atoms with Crippen LogP contribution in [0.3, 0.4) is 0 Å². The monoisotopic (exact) mass is 300 g/mol. The van der Waals surface area contributed by atoms with Gasteiger partial charge in [0, 0.05) is 24.0 Å². The van der Waals surface area contributed by atoms with Crippen molar-refractivity contribution < 1.29 is 17.7 Å². The van der Waals surface area contributed by atoms with Gasteiger partial charge in [0.2, 0.25) is 10.0 Å². The summed E-state index contributed by atoms with van der Waals surface area (Å²) in [6.07, 6.45) is 1.06. The fourth-order valence-corrected chi connectivity index (χ4v) is 5.42. The number of hydrogen-bond donors (Lipinski definition) is 1. The van der Waals surface area contributed by atoms with E-state index in [-0.39, 0.29) is 28.4 Å². The highest BCUT2D eigenvalue weighted by Gasteiger charge is 2.60. The van der Waals surface area contributed by atoms with E-state index < -0.39 is 10.0 Å². The van der Waals surface area contributed by atoms with Crippen LogP contribution < -0.4 is 4.72 Å². The lowest BCUT2D eigenvalue weighted by Crippen LogP contribution is -2.66. The molecule has 6 nitrogen and oxygen atoms in total. The van der Waals surface area contributed by atoms with Gasteiger partial charge in [0.25, 0.3) is 0 Å². The Morgan fingerprint density at radius 3 is 2.65 bits per heavy atom. The quantitative estimate of drug-likeness (QED) is 0.912. The van der Waals surface area contributed by atoms with E-state index in [4.69, 9.17) is 9.26 Å². The molecule has 0 amide bonds. The van der Waals surface area contributed by atoms with E-state index in [9.17, 15) is 8.42 Å². The maximum Gasteiger partial charge on any atom is 0.246 e. The summed E-state index contributed by atoms with van der Waals surface area (Å²) in [6.45, 7) is 8.04. The predicted molar refractivity (Wildman–Crippen MR) is 71.7 cm³/mol. The summed E-state index contributed by atoms with van der Waals surface area (Å²) in [4.78, 5) is 0.163. The maximum absolute atomic E-state index is 12.6. The lowest BCUT2D eigenvalue weighted by Gasteiger charge is -2.54. The van der Waals surface area contributed by atoms with Crippen LogP contribution in [-0.2, 0) is 14.8 Å². The number of hydrogen-bond acceptors (Lipinski definition) is 5. The standard InChI is InChI=1S/C13H20N2O4S/c1-7-10(8(2)19-14-7)20(16,17)15-11-9-5-6-18-12(9)13(11,3)4/h9,11-12,15H,5-6H2,1-4H3/t9-,11-,12-/m1/s1. The molecule has 0 radical (unpaired) electrons. The summed E-state index contributed by atoms with van der Waals surface area (Å²) < 4.78 is 38.6. The molecule has 0 bridgehead atoms. The first kappa shape index (κ1) is 14.0. The lowest BCUT2D eigenvalue weighted by atomic mass is 9.58. The largest absolute Gasteiger partial charge is 0.377 e. The van der Waals surface area contributed by atoms with Crippen molar-refractivity contribution >= 4 is 10.0 Å². The Kier molecular flexibility index (Phi) is 3.01. The molecule has 2 fully saturated rings. The number of nitrogens with zero attached hydrogens (tertiary/aromatic N) is 1. The van der Waals surface area contributed by atoms with Gasteiger partial charge in [-0.05, 0) is 20.3 Å². The lowest BCUT2D eigenvalue weighted by molar-refractivity contribution is -0.105. The molecule has 112 valence electrons. The molecule has 3 atom stereocenters. The Hall–Kier alpha value is -0.920. The van der Waals surface area contributed by atoms with E-state index in [1.165, 1.54) is 0 Å². The Labute approximate surface area is 118 Å². The van der Waals surface area contributed by atoms with Gasteiger partial charge in [-0.25, -0.2) is 13.1 Å². The molecule has 1 N–H and O–H groups in total. The van der Waals surface area contributed by atoms with Gasteiger partial charge >= 0.3 is 0 Å². The van der Waals surface area contributed by atoms with Crippen molar-refractivity contribution in [1.29, 1.82) is 0 Å². The SMILES string of the molecule is Cc1noc(C)c1S(=O)(=O)N[C@@H]1[C@H]2CCO[C@H]2C1(C)C. The van der Waals surface area contributed by atoms with Crippen molar-refractivity contribution in [1.82, 2.24) is 9.88 Å². The molecule has 20 heavy (non-hydrogen) atoms. The molecule has 0 aromatic carbocycles. The summed E-state index contributed by atoms with van der Waals surface area (Å²) in [6, 6.07) is -0.103. The zero-order chi connectivity index (χ0) is 14.7. The average Bonchev–Trinajstić information content (AvgIpc) is 2.92. The van der Waals surface area contributed by atoms with Crippen LogP contribution in [-0.4, -0.2) is 32.3 Å². The molecule has 1 aromatic rings. The van der Waals surface area contributed by atoms with Gasteiger partial charge in [-0.2, -0.15) is 0 Å². The molecule has 1 saturated carbocycles. The molecule has 1 aromatic heterocycles. The zero-order valence-electron chi connectivity index (χ0n) is 12.1. The summed E-state index contributed by atoms with van der Waals surface area (Å²) in [5, 5.41) is 3.72. The third-order valence-corrected chi connectivity index (χ3v) is 6.30. The van der Waals surface area contributed by atoms with Crippen LogP contribution in [0.1, 0.15) is 31.7 Å². The summed E-state index contributed by atoms with van der Waals surface area (Å²) in [7, 11) is -3.61. The van der Waals surface area contributed by atoms with Crippen molar-refractivity contribution in [3.05, 3.63) is 11.5 Å². The predicted octanol–water partition coefficient (Wildman–Crippen LogP) is 1.38. The number of sulfonamides is 1. The molecule has 2 aliphatic rings. The van der Waals surface area contributed by atoms with Gasteiger partial charge in [0.1, 0.15) is 10.6 Å². The first-order valence-electron chi connectivity index (χ1n) is 6.82. The van der Waals surface area contributed by atoms with Crippen molar-refractivity contribution in [2.45, 2.75) is 51.2 Å². The molecular weight excluding hydrogens is 280 g/mol. The smallest absolute Gasteiger partial charge is 0.246 e. The van der Waals surface area contributed by atoms with E-state index in [0.717, 1.165) is 6.42 Å². The van der Waals surface area contributed by atoms with Crippen LogP contribution in [0.2, 0.25) is 0 Å². The normalized spacial score (nSPS) is 31.9. The number of aryl methyl sites for hydroxylation is 2. The molecular formula is C13H20N2O4S. The van der Waals surface area contributed by atoms with Crippen LogP contribution >= 0.6 is 0 Å². The Morgan fingerprint density at radius 1 is 1.35 bits per heavy atom. The first-order valence-corrected chi connectivity index (χ1v) is 8.30. The summed E-state index contributed by atoms with van der Waals surface area (Å²) >= 11 is 0. The van der Waals surface area contributed by atoms with Crippen molar-refractivity contribution in [3.8, 4) is 0 Å². The molecule has 1 aliphatic carbocycles. The minimum atomic E-state index is -3.61.